The van der Waals surface area contributed by atoms with Crippen molar-refractivity contribution in [1.29, 1.82) is 0 Å². The number of hydrogen-bond acceptors (Lipinski definition) is 6. The molecule has 0 fully saturated rings. The molecule has 124 valence electrons. The molecule has 1 aliphatic rings. The van der Waals surface area contributed by atoms with Crippen LogP contribution in [0.4, 0.5) is 5.69 Å². The zero-order valence-corrected chi connectivity index (χ0v) is 15.1. The Bertz CT molecular complexity index is 1080. The Hall–Kier alpha value is -2.55. The van der Waals surface area contributed by atoms with Crippen LogP contribution in [0.1, 0.15) is 20.1 Å². The number of para-hydroxylation sites is 1. The van der Waals surface area contributed by atoms with Gasteiger partial charge in [0, 0.05) is 17.4 Å². The molecule has 1 aromatic carbocycles. The van der Waals surface area contributed by atoms with Crippen LogP contribution in [0.25, 0.3) is 11.6 Å². The molecule has 3 aromatic rings. The number of carbonyl (C=O) groups is 1. The summed E-state index contributed by atoms with van der Waals surface area (Å²) in [4.78, 5) is 17.6. The molecule has 5 nitrogen and oxygen atoms in total. The van der Waals surface area contributed by atoms with Crippen molar-refractivity contribution in [3.63, 3.8) is 0 Å². The zero-order valence-electron chi connectivity index (χ0n) is 12.7. The van der Waals surface area contributed by atoms with E-state index in [0.29, 0.717) is 13.7 Å². The number of allylic oxidation sites excluding steroid dienone is 1. The van der Waals surface area contributed by atoms with Crippen LogP contribution in [0.2, 0.25) is 0 Å². The Morgan fingerprint density at radius 1 is 1.28 bits per heavy atom. The number of thiazole rings is 1. The molecule has 25 heavy (non-hydrogen) atoms. The Morgan fingerprint density at radius 3 is 2.92 bits per heavy atom. The largest absolute Gasteiger partial charge is 0.492 e. The van der Waals surface area contributed by atoms with Gasteiger partial charge in [-0.15, -0.1) is 11.3 Å². The number of thiophene rings is 1. The van der Waals surface area contributed by atoms with E-state index in [4.69, 9.17) is 12.2 Å². The van der Waals surface area contributed by atoms with Crippen LogP contribution < -0.4 is 5.43 Å². The van der Waals surface area contributed by atoms with Gasteiger partial charge >= 0.3 is 0 Å². The minimum Gasteiger partial charge on any atom is -0.492 e. The molecule has 0 unspecified atom stereocenters. The first kappa shape index (κ1) is 15.9. The quantitative estimate of drug-likeness (QED) is 0.643. The van der Waals surface area contributed by atoms with Crippen molar-refractivity contribution in [1.82, 2.24) is 4.68 Å². The second-order valence-electron chi connectivity index (χ2n) is 5.18. The topological polar surface area (TPSA) is 66.6 Å². The number of nitrogens with one attached hydrogen (secondary N) is 1. The monoisotopic (exact) mass is 385 g/mol. The first-order valence-corrected chi connectivity index (χ1v) is 9.39. The summed E-state index contributed by atoms with van der Waals surface area (Å²) >= 11 is 7.81. The first-order chi connectivity index (χ1) is 12.1. The molecule has 3 heterocycles. The van der Waals surface area contributed by atoms with E-state index < -0.39 is 0 Å². The van der Waals surface area contributed by atoms with Gasteiger partial charge in [-0.25, -0.2) is 0 Å². The standard InChI is InChI=1S/C17H11N3O2S3/c21-15(13-6-3-7-24-13)19-20-16(22)14(25-17(20)23)8-10-9-18-12-5-2-1-4-11(10)12/h1-9,22H,(H,19,21). The SMILES string of the molecule is O=C(Nn1c(O)c(C=C2C=Nc3ccccc32)sc1=S)c1cccs1. The molecule has 0 bridgehead atoms. The number of rotatable bonds is 3. The van der Waals surface area contributed by atoms with Crippen LogP contribution in [0.15, 0.2) is 46.8 Å². The maximum Gasteiger partial charge on any atom is 0.280 e. The summed E-state index contributed by atoms with van der Waals surface area (Å²) in [6.45, 7) is 0. The lowest BCUT2D eigenvalue weighted by Crippen LogP contribution is -2.21. The smallest absolute Gasteiger partial charge is 0.280 e. The van der Waals surface area contributed by atoms with E-state index in [9.17, 15) is 9.90 Å². The summed E-state index contributed by atoms with van der Waals surface area (Å²) in [5.74, 6) is -0.406. The molecule has 2 aromatic heterocycles. The van der Waals surface area contributed by atoms with Gasteiger partial charge in [-0.05, 0) is 35.8 Å². The van der Waals surface area contributed by atoms with Crippen LogP contribution in [0.3, 0.4) is 0 Å². The lowest BCUT2D eigenvalue weighted by Gasteiger charge is -2.05. The summed E-state index contributed by atoms with van der Waals surface area (Å²) < 4.78 is 1.59. The van der Waals surface area contributed by atoms with Crippen LogP contribution in [-0.2, 0) is 0 Å². The molecule has 1 aliphatic heterocycles. The van der Waals surface area contributed by atoms with Crippen molar-refractivity contribution in [2.45, 2.75) is 0 Å². The minimum absolute atomic E-state index is 0.0924. The average Bonchev–Trinajstić information content (AvgIpc) is 3.33. The number of aliphatic imine (C=N–C) groups is 1. The van der Waals surface area contributed by atoms with E-state index in [1.165, 1.54) is 27.3 Å². The van der Waals surface area contributed by atoms with Gasteiger partial charge in [0.2, 0.25) is 5.88 Å². The Morgan fingerprint density at radius 2 is 2.12 bits per heavy atom. The number of nitrogens with zero attached hydrogens (tertiary/aromatic N) is 2. The summed E-state index contributed by atoms with van der Waals surface area (Å²) in [5.41, 5.74) is 5.40. The van der Waals surface area contributed by atoms with Gasteiger partial charge in [0.25, 0.3) is 5.91 Å². The van der Waals surface area contributed by atoms with Crippen molar-refractivity contribution >= 4 is 64.3 Å². The fourth-order valence-electron chi connectivity index (χ4n) is 2.43. The highest BCUT2D eigenvalue weighted by molar-refractivity contribution is 7.73. The lowest BCUT2D eigenvalue weighted by molar-refractivity contribution is 0.101. The molecular weight excluding hydrogens is 374 g/mol. The van der Waals surface area contributed by atoms with E-state index in [2.05, 4.69) is 10.4 Å². The second-order valence-corrected chi connectivity index (χ2v) is 7.81. The third-order valence-corrected chi connectivity index (χ3v) is 5.79. The predicted octanol–water partition coefficient (Wildman–Crippen LogP) is 4.69. The molecule has 4 rings (SSSR count). The van der Waals surface area contributed by atoms with Crippen LogP contribution in [-0.4, -0.2) is 21.9 Å². The Balaban J connectivity index is 1.67. The number of amides is 1. The molecule has 2 N–H and O–H groups in total. The molecule has 0 saturated carbocycles. The predicted molar refractivity (Wildman–Crippen MR) is 105 cm³/mol. The van der Waals surface area contributed by atoms with Gasteiger partial charge in [0.05, 0.1) is 15.4 Å². The third-order valence-electron chi connectivity index (χ3n) is 3.61. The summed E-state index contributed by atoms with van der Waals surface area (Å²) in [7, 11) is 0. The van der Waals surface area contributed by atoms with Crippen LogP contribution >= 0.6 is 34.9 Å². The van der Waals surface area contributed by atoms with Gasteiger partial charge < -0.3 is 5.11 Å². The average molecular weight is 385 g/mol. The van der Waals surface area contributed by atoms with Gasteiger partial charge in [0.15, 0.2) is 3.95 Å². The maximum absolute atomic E-state index is 12.2. The molecule has 0 spiro atoms. The van der Waals surface area contributed by atoms with Crippen molar-refractivity contribution in [2.24, 2.45) is 4.99 Å². The molecule has 0 saturated heterocycles. The fourth-order valence-corrected chi connectivity index (χ4v) is 4.23. The maximum atomic E-state index is 12.2. The number of hydrogen-bond donors (Lipinski definition) is 2. The van der Waals surface area contributed by atoms with Crippen molar-refractivity contribution < 1.29 is 9.90 Å². The van der Waals surface area contributed by atoms with Crippen molar-refractivity contribution in [3.05, 3.63) is 61.1 Å². The summed E-state index contributed by atoms with van der Waals surface area (Å²) in [6.07, 6.45) is 3.57. The van der Waals surface area contributed by atoms with Gasteiger partial charge in [0.1, 0.15) is 0 Å². The fraction of sp³-hybridized carbons (Fsp3) is 0. The normalized spacial score (nSPS) is 14.0. The second kappa shape index (κ2) is 6.40. The van der Waals surface area contributed by atoms with E-state index in [-0.39, 0.29) is 11.8 Å². The number of fused-ring (bicyclic) bond motifs is 1. The number of carbonyl (C=O) groups excluding carboxylic acids is 1. The van der Waals surface area contributed by atoms with E-state index in [0.717, 1.165) is 16.8 Å². The molecule has 8 heteroatoms. The number of benzene rings is 1. The third kappa shape index (κ3) is 2.95. The molecule has 1 amide bonds. The Kier molecular flexibility index (Phi) is 4.08. The molecule has 0 atom stereocenters. The highest BCUT2D eigenvalue weighted by Crippen LogP contribution is 2.35. The van der Waals surface area contributed by atoms with Gasteiger partial charge in [-0.2, -0.15) is 4.68 Å². The highest BCUT2D eigenvalue weighted by atomic mass is 32.1. The minimum atomic E-state index is -0.314. The van der Waals surface area contributed by atoms with Crippen molar-refractivity contribution in [3.8, 4) is 5.88 Å². The van der Waals surface area contributed by atoms with Crippen LogP contribution in [0, 0.1) is 3.95 Å². The number of aromatic hydroxyl groups is 1. The summed E-state index contributed by atoms with van der Waals surface area (Å²) in [5, 5.41) is 12.3. The van der Waals surface area contributed by atoms with E-state index in [1.807, 2.05) is 35.7 Å². The zero-order chi connectivity index (χ0) is 17.4. The lowest BCUT2D eigenvalue weighted by atomic mass is 10.1. The van der Waals surface area contributed by atoms with Crippen molar-refractivity contribution in [2.75, 3.05) is 5.43 Å². The highest BCUT2D eigenvalue weighted by Gasteiger charge is 2.17. The van der Waals surface area contributed by atoms with Gasteiger partial charge in [-0.1, -0.05) is 35.6 Å². The summed E-state index contributed by atoms with van der Waals surface area (Å²) in [6, 6.07) is 11.3. The molecule has 0 aliphatic carbocycles. The first-order valence-electron chi connectivity index (χ1n) is 7.28. The van der Waals surface area contributed by atoms with E-state index >= 15 is 0 Å². The van der Waals surface area contributed by atoms with E-state index in [1.54, 1.807) is 18.3 Å². The molecular formula is C17H11N3O2S3. The molecule has 0 radical (unpaired) electrons. The van der Waals surface area contributed by atoms with Crippen LogP contribution in [0.5, 0.6) is 5.88 Å². The van der Waals surface area contributed by atoms with Gasteiger partial charge in [-0.3, -0.25) is 15.2 Å². The number of aromatic nitrogens is 1. The Labute approximate surface area is 156 Å².